The first-order valence-corrected chi connectivity index (χ1v) is 5.60. The van der Waals surface area contributed by atoms with E-state index in [1.165, 1.54) is 11.8 Å². The number of aryl methyl sites for hydroxylation is 1. The number of carbonyl (C=O) groups excluding carboxylic acids is 1. The molecule has 1 aromatic heterocycles. The van der Waals surface area contributed by atoms with Crippen LogP contribution >= 0.6 is 11.8 Å². The lowest BCUT2D eigenvalue weighted by atomic mass is 10.5. The number of rotatable bonds is 5. The fourth-order valence-corrected chi connectivity index (χ4v) is 1.95. The van der Waals surface area contributed by atoms with E-state index in [1.54, 1.807) is 18.0 Å². The SMILES string of the molecule is CC(=O)NCCCSc1ccoc1C. The van der Waals surface area contributed by atoms with E-state index >= 15 is 0 Å². The molecule has 0 aliphatic heterocycles. The summed E-state index contributed by atoms with van der Waals surface area (Å²) in [6.45, 7) is 4.24. The third-order valence-corrected chi connectivity index (χ3v) is 2.99. The fourth-order valence-electron chi connectivity index (χ4n) is 1.04. The lowest BCUT2D eigenvalue weighted by Gasteiger charge is -2.01. The summed E-state index contributed by atoms with van der Waals surface area (Å²) >= 11 is 1.76. The molecule has 3 nitrogen and oxygen atoms in total. The molecule has 1 aromatic rings. The number of amides is 1. The van der Waals surface area contributed by atoms with Gasteiger partial charge in [0.2, 0.25) is 5.91 Å². The van der Waals surface area contributed by atoms with Crippen molar-refractivity contribution in [3.05, 3.63) is 18.1 Å². The van der Waals surface area contributed by atoms with Gasteiger partial charge >= 0.3 is 0 Å². The number of thioether (sulfide) groups is 1. The molecule has 1 N–H and O–H groups in total. The van der Waals surface area contributed by atoms with Crippen molar-refractivity contribution in [1.82, 2.24) is 5.32 Å². The van der Waals surface area contributed by atoms with E-state index in [1.807, 2.05) is 13.0 Å². The van der Waals surface area contributed by atoms with Crippen molar-refractivity contribution in [2.24, 2.45) is 0 Å². The van der Waals surface area contributed by atoms with Gasteiger partial charge in [0.05, 0.1) is 6.26 Å². The minimum Gasteiger partial charge on any atom is -0.468 e. The topological polar surface area (TPSA) is 42.2 Å². The molecule has 0 saturated carbocycles. The van der Waals surface area contributed by atoms with Gasteiger partial charge < -0.3 is 9.73 Å². The standard InChI is InChI=1S/C10H15NO2S/c1-8-10(4-6-13-8)14-7-3-5-11-9(2)12/h4,6H,3,5,7H2,1-2H3,(H,11,12). The van der Waals surface area contributed by atoms with Gasteiger partial charge in [-0.15, -0.1) is 11.8 Å². The third-order valence-electron chi connectivity index (χ3n) is 1.76. The zero-order chi connectivity index (χ0) is 10.4. The molecule has 0 aliphatic rings. The second-order valence-electron chi connectivity index (χ2n) is 3.03. The second kappa shape index (κ2) is 5.75. The van der Waals surface area contributed by atoms with Crippen LogP contribution in [-0.2, 0) is 4.79 Å². The van der Waals surface area contributed by atoms with Gasteiger partial charge in [-0.3, -0.25) is 4.79 Å². The van der Waals surface area contributed by atoms with Gasteiger partial charge in [0.15, 0.2) is 0 Å². The minimum atomic E-state index is 0.0366. The smallest absolute Gasteiger partial charge is 0.216 e. The molecule has 1 rings (SSSR count). The van der Waals surface area contributed by atoms with Crippen molar-refractivity contribution in [3.8, 4) is 0 Å². The molecular formula is C10H15NO2S. The molecule has 0 unspecified atom stereocenters. The lowest BCUT2D eigenvalue weighted by molar-refractivity contribution is -0.118. The molecule has 0 bridgehead atoms. The summed E-state index contributed by atoms with van der Waals surface area (Å²) in [5, 5.41) is 2.76. The highest BCUT2D eigenvalue weighted by Gasteiger charge is 2.00. The first-order chi connectivity index (χ1) is 6.70. The van der Waals surface area contributed by atoms with E-state index in [0.717, 1.165) is 24.5 Å². The molecule has 0 fully saturated rings. The maximum atomic E-state index is 10.6. The summed E-state index contributed by atoms with van der Waals surface area (Å²) in [6.07, 6.45) is 2.68. The molecule has 4 heteroatoms. The number of hydrogen-bond acceptors (Lipinski definition) is 3. The monoisotopic (exact) mass is 213 g/mol. The van der Waals surface area contributed by atoms with Gasteiger partial charge in [-0.1, -0.05) is 0 Å². The van der Waals surface area contributed by atoms with Crippen LogP contribution in [0.5, 0.6) is 0 Å². The highest BCUT2D eigenvalue weighted by atomic mass is 32.2. The van der Waals surface area contributed by atoms with Crippen LogP contribution in [0, 0.1) is 6.92 Å². The maximum absolute atomic E-state index is 10.6. The number of furan rings is 1. The van der Waals surface area contributed by atoms with E-state index in [-0.39, 0.29) is 5.91 Å². The Kier molecular flexibility index (Phi) is 4.59. The van der Waals surface area contributed by atoms with Gasteiger partial charge in [-0.05, 0) is 25.2 Å². The average molecular weight is 213 g/mol. The molecule has 0 aromatic carbocycles. The van der Waals surface area contributed by atoms with E-state index in [0.29, 0.717) is 0 Å². The van der Waals surface area contributed by atoms with E-state index in [2.05, 4.69) is 5.32 Å². The number of hydrogen-bond donors (Lipinski definition) is 1. The van der Waals surface area contributed by atoms with Crippen LogP contribution in [-0.4, -0.2) is 18.2 Å². The Balaban J connectivity index is 2.10. The highest BCUT2D eigenvalue weighted by Crippen LogP contribution is 2.23. The van der Waals surface area contributed by atoms with E-state index < -0.39 is 0 Å². The zero-order valence-electron chi connectivity index (χ0n) is 8.50. The van der Waals surface area contributed by atoms with Crippen LogP contribution in [0.15, 0.2) is 21.6 Å². The summed E-state index contributed by atoms with van der Waals surface area (Å²) in [5.41, 5.74) is 0. The lowest BCUT2D eigenvalue weighted by Crippen LogP contribution is -2.21. The van der Waals surface area contributed by atoms with Crippen molar-refractivity contribution in [2.75, 3.05) is 12.3 Å². The summed E-state index contributed by atoms with van der Waals surface area (Å²) in [4.78, 5) is 11.7. The zero-order valence-corrected chi connectivity index (χ0v) is 9.32. The molecule has 14 heavy (non-hydrogen) atoms. The van der Waals surface area contributed by atoms with E-state index in [9.17, 15) is 4.79 Å². The van der Waals surface area contributed by atoms with Crippen molar-refractivity contribution in [3.63, 3.8) is 0 Å². The largest absolute Gasteiger partial charge is 0.468 e. The molecular weight excluding hydrogens is 198 g/mol. The number of carbonyl (C=O) groups is 1. The average Bonchev–Trinajstić information content (AvgIpc) is 2.51. The Hall–Kier alpha value is -0.900. The summed E-state index contributed by atoms with van der Waals surface area (Å²) in [5.74, 6) is 2.00. The Morgan fingerprint density at radius 2 is 2.43 bits per heavy atom. The van der Waals surface area contributed by atoms with Crippen LogP contribution in [0.25, 0.3) is 0 Å². The summed E-state index contributed by atoms with van der Waals surface area (Å²) < 4.78 is 5.17. The molecule has 0 aliphatic carbocycles. The molecule has 0 atom stereocenters. The van der Waals surface area contributed by atoms with Crippen molar-refractivity contribution >= 4 is 17.7 Å². The summed E-state index contributed by atoms with van der Waals surface area (Å²) in [7, 11) is 0. The van der Waals surface area contributed by atoms with Crippen LogP contribution in [0.3, 0.4) is 0 Å². The maximum Gasteiger partial charge on any atom is 0.216 e. The van der Waals surface area contributed by atoms with Crippen molar-refractivity contribution in [2.45, 2.75) is 25.2 Å². The van der Waals surface area contributed by atoms with Crippen LogP contribution in [0.4, 0.5) is 0 Å². The Bertz CT molecular complexity index is 296. The first kappa shape index (κ1) is 11.2. The van der Waals surface area contributed by atoms with Gasteiger partial charge in [0.25, 0.3) is 0 Å². The fraction of sp³-hybridized carbons (Fsp3) is 0.500. The van der Waals surface area contributed by atoms with Crippen LogP contribution < -0.4 is 5.32 Å². The van der Waals surface area contributed by atoms with Crippen LogP contribution in [0.1, 0.15) is 19.1 Å². The van der Waals surface area contributed by atoms with Gasteiger partial charge in [0, 0.05) is 18.4 Å². The molecule has 0 radical (unpaired) electrons. The predicted molar refractivity (Wildman–Crippen MR) is 57.5 cm³/mol. The molecule has 1 heterocycles. The molecule has 0 saturated heterocycles. The Morgan fingerprint density at radius 1 is 1.64 bits per heavy atom. The van der Waals surface area contributed by atoms with Crippen molar-refractivity contribution in [1.29, 1.82) is 0 Å². The highest BCUT2D eigenvalue weighted by molar-refractivity contribution is 7.99. The Labute approximate surface area is 88.2 Å². The quantitative estimate of drug-likeness (QED) is 0.602. The van der Waals surface area contributed by atoms with Crippen molar-refractivity contribution < 1.29 is 9.21 Å². The Morgan fingerprint density at radius 3 is 3.00 bits per heavy atom. The second-order valence-corrected chi connectivity index (χ2v) is 4.16. The van der Waals surface area contributed by atoms with Gasteiger partial charge in [0.1, 0.15) is 5.76 Å². The van der Waals surface area contributed by atoms with E-state index in [4.69, 9.17) is 4.42 Å². The summed E-state index contributed by atoms with van der Waals surface area (Å²) in [6, 6.07) is 1.97. The molecule has 78 valence electrons. The predicted octanol–water partition coefficient (Wildman–Crippen LogP) is 2.21. The first-order valence-electron chi connectivity index (χ1n) is 4.61. The minimum absolute atomic E-state index is 0.0366. The van der Waals surface area contributed by atoms with Gasteiger partial charge in [-0.25, -0.2) is 0 Å². The van der Waals surface area contributed by atoms with Crippen LogP contribution in [0.2, 0.25) is 0 Å². The third kappa shape index (κ3) is 3.87. The number of nitrogens with one attached hydrogen (secondary N) is 1. The van der Waals surface area contributed by atoms with Gasteiger partial charge in [-0.2, -0.15) is 0 Å². The normalized spacial score (nSPS) is 10.1. The molecule has 1 amide bonds. The molecule has 0 spiro atoms.